The van der Waals surface area contributed by atoms with E-state index in [0.717, 1.165) is 14.0 Å². The van der Waals surface area contributed by atoms with Crippen LogP contribution >= 0.6 is 23.1 Å². The molecule has 0 radical (unpaired) electrons. The van der Waals surface area contributed by atoms with Crippen molar-refractivity contribution in [3.8, 4) is 6.07 Å². The molecule has 0 saturated carbocycles. The van der Waals surface area contributed by atoms with E-state index in [9.17, 15) is 0 Å². The Morgan fingerprint density at radius 2 is 2.18 bits per heavy atom. The second kappa shape index (κ2) is 3.12. The molecular formula is C8H7NS2. The fourth-order valence-corrected chi connectivity index (χ4v) is 2.47. The molecule has 0 N–H and O–H groups in total. The second-order valence-corrected chi connectivity index (χ2v) is 4.16. The molecule has 1 aromatic heterocycles. The number of thioether (sulfide) groups is 1. The van der Waals surface area contributed by atoms with Gasteiger partial charge in [-0.1, -0.05) is 13.2 Å². The summed E-state index contributed by atoms with van der Waals surface area (Å²) >= 11 is 3.10. The summed E-state index contributed by atoms with van der Waals surface area (Å²) in [5.74, 6) is 0. The van der Waals surface area contributed by atoms with E-state index in [1.165, 1.54) is 11.3 Å². The Morgan fingerprint density at radius 1 is 1.55 bits per heavy atom. The predicted molar refractivity (Wildman–Crippen MR) is 51.1 cm³/mol. The van der Waals surface area contributed by atoms with Crippen LogP contribution < -0.4 is 9.75 Å². The first-order valence-electron chi connectivity index (χ1n) is 2.95. The van der Waals surface area contributed by atoms with Gasteiger partial charge < -0.3 is 0 Å². The van der Waals surface area contributed by atoms with Gasteiger partial charge in [-0.15, -0.1) is 23.1 Å². The van der Waals surface area contributed by atoms with Crippen molar-refractivity contribution < 1.29 is 0 Å². The van der Waals surface area contributed by atoms with Crippen LogP contribution in [0.1, 0.15) is 5.56 Å². The molecule has 0 atom stereocenters. The van der Waals surface area contributed by atoms with Gasteiger partial charge in [0.25, 0.3) is 0 Å². The van der Waals surface area contributed by atoms with E-state index in [0.29, 0.717) is 5.56 Å². The molecule has 0 aliphatic rings. The van der Waals surface area contributed by atoms with Crippen molar-refractivity contribution >= 4 is 36.3 Å². The highest BCUT2D eigenvalue weighted by atomic mass is 32.2. The molecule has 1 aromatic rings. The maximum Gasteiger partial charge on any atom is 0.102 e. The molecule has 0 saturated heterocycles. The molecule has 0 fully saturated rings. The number of nitrogens with zero attached hydrogens (tertiary/aromatic N) is 1. The van der Waals surface area contributed by atoms with Gasteiger partial charge in [0.15, 0.2) is 0 Å². The molecule has 0 aliphatic heterocycles. The SMILES string of the molecule is C=c1sc(SC)c(C#N)c1=C. The molecule has 0 bridgehead atoms. The van der Waals surface area contributed by atoms with Crippen LogP contribution in [-0.4, -0.2) is 6.26 Å². The summed E-state index contributed by atoms with van der Waals surface area (Å²) < 4.78 is 1.91. The van der Waals surface area contributed by atoms with Crippen molar-refractivity contribution in [3.05, 3.63) is 15.3 Å². The highest BCUT2D eigenvalue weighted by Gasteiger charge is 2.04. The van der Waals surface area contributed by atoms with Gasteiger partial charge in [0.1, 0.15) is 6.07 Å². The van der Waals surface area contributed by atoms with Crippen LogP contribution in [0.4, 0.5) is 0 Å². The zero-order valence-corrected chi connectivity index (χ0v) is 7.81. The quantitative estimate of drug-likeness (QED) is 0.607. The van der Waals surface area contributed by atoms with Crippen LogP contribution in [0.2, 0.25) is 0 Å². The van der Waals surface area contributed by atoms with Crippen molar-refractivity contribution in [2.75, 3.05) is 6.26 Å². The van der Waals surface area contributed by atoms with Crippen LogP contribution in [0.5, 0.6) is 0 Å². The van der Waals surface area contributed by atoms with Gasteiger partial charge in [0, 0.05) is 9.75 Å². The predicted octanol–water partition coefficient (Wildman–Crippen LogP) is 1.16. The first kappa shape index (κ1) is 8.38. The summed E-state index contributed by atoms with van der Waals surface area (Å²) in [4.78, 5) is 0. The number of rotatable bonds is 1. The van der Waals surface area contributed by atoms with Crippen LogP contribution in [0.25, 0.3) is 13.2 Å². The molecule has 3 heteroatoms. The molecule has 0 unspecified atom stereocenters. The normalized spacial score (nSPS) is 9.45. The molecule has 1 rings (SSSR count). The first-order valence-corrected chi connectivity index (χ1v) is 4.99. The third-order valence-corrected chi connectivity index (χ3v) is 3.56. The van der Waals surface area contributed by atoms with Crippen LogP contribution in [0, 0.1) is 11.3 Å². The molecule has 0 aliphatic carbocycles. The molecule has 0 aromatic carbocycles. The summed E-state index contributed by atoms with van der Waals surface area (Å²) in [7, 11) is 0. The van der Waals surface area contributed by atoms with Gasteiger partial charge in [0.05, 0.1) is 9.77 Å². The molecule has 1 nitrogen and oxygen atoms in total. The Morgan fingerprint density at radius 3 is 2.55 bits per heavy atom. The summed E-state index contributed by atoms with van der Waals surface area (Å²) in [6.45, 7) is 7.56. The topological polar surface area (TPSA) is 23.8 Å². The van der Waals surface area contributed by atoms with E-state index in [2.05, 4.69) is 19.2 Å². The number of thiophene rings is 1. The molecule has 0 spiro atoms. The molecule has 0 amide bonds. The zero-order valence-electron chi connectivity index (χ0n) is 6.18. The molecule has 11 heavy (non-hydrogen) atoms. The monoisotopic (exact) mass is 181 g/mol. The van der Waals surface area contributed by atoms with Crippen LogP contribution in [0.15, 0.2) is 4.21 Å². The molecule has 56 valence electrons. The smallest absolute Gasteiger partial charge is 0.102 e. The summed E-state index contributed by atoms with van der Waals surface area (Å²) in [5.41, 5.74) is 0.688. The van der Waals surface area contributed by atoms with Crippen LogP contribution in [0.3, 0.4) is 0 Å². The molecular weight excluding hydrogens is 174 g/mol. The van der Waals surface area contributed by atoms with Gasteiger partial charge >= 0.3 is 0 Å². The summed E-state index contributed by atoms with van der Waals surface area (Å²) in [6.07, 6.45) is 1.95. The summed E-state index contributed by atoms with van der Waals surface area (Å²) in [5, 5.41) is 9.50. The van der Waals surface area contributed by atoms with Gasteiger partial charge in [-0.2, -0.15) is 5.26 Å². The highest BCUT2D eigenvalue weighted by molar-refractivity contribution is 8.00. The van der Waals surface area contributed by atoms with Gasteiger partial charge in [-0.05, 0) is 6.26 Å². The van der Waals surface area contributed by atoms with Gasteiger partial charge in [-0.3, -0.25) is 0 Å². The van der Waals surface area contributed by atoms with Crippen molar-refractivity contribution in [3.63, 3.8) is 0 Å². The Labute approximate surface area is 73.7 Å². The lowest BCUT2D eigenvalue weighted by molar-refractivity contribution is 1.44. The van der Waals surface area contributed by atoms with E-state index in [1.54, 1.807) is 11.8 Å². The third-order valence-electron chi connectivity index (χ3n) is 1.36. The van der Waals surface area contributed by atoms with Crippen molar-refractivity contribution in [2.45, 2.75) is 4.21 Å². The van der Waals surface area contributed by atoms with Crippen molar-refractivity contribution in [1.29, 1.82) is 5.26 Å². The van der Waals surface area contributed by atoms with Crippen molar-refractivity contribution in [2.24, 2.45) is 0 Å². The van der Waals surface area contributed by atoms with E-state index < -0.39 is 0 Å². The number of hydrogen-bond donors (Lipinski definition) is 0. The lowest BCUT2D eigenvalue weighted by Gasteiger charge is -1.85. The fraction of sp³-hybridized carbons (Fsp3) is 0.125. The average Bonchev–Trinajstić information content (AvgIpc) is 2.28. The average molecular weight is 181 g/mol. The van der Waals surface area contributed by atoms with Crippen molar-refractivity contribution in [1.82, 2.24) is 0 Å². The van der Waals surface area contributed by atoms with E-state index in [4.69, 9.17) is 5.26 Å². The van der Waals surface area contributed by atoms with E-state index in [-0.39, 0.29) is 0 Å². The minimum atomic E-state index is 0.688. The van der Waals surface area contributed by atoms with Gasteiger partial charge in [0.2, 0.25) is 0 Å². The fourth-order valence-electron chi connectivity index (χ4n) is 0.744. The Hall–Kier alpha value is -0.720. The van der Waals surface area contributed by atoms with Crippen LogP contribution in [-0.2, 0) is 0 Å². The Balaban J connectivity index is 3.55. The highest BCUT2D eigenvalue weighted by Crippen LogP contribution is 2.19. The maximum atomic E-state index is 8.72. The largest absolute Gasteiger partial charge is 0.192 e. The maximum absolute atomic E-state index is 8.72. The standard InChI is InChI=1S/C8H7NS2/c1-5-6(2)11-8(10-3)7(5)4-9/h1-2H2,3H3. The second-order valence-electron chi connectivity index (χ2n) is 1.98. The Bertz CT molecular complexity index is 397. The zero-order chi connectivity index (χ0) is 8.43. The first-order chi connectivity index (χ1) is 5.20. The molecule has 1 heterocycles. The third kappa shape index (κ3) is 1.32. The lowest BCUT2D eigenvalue weighted by Crippen LogP contribution is -2.16. The summed E-state index contributed by atoms with van der Waals surface area (Å²) in [6, 6.07) is 2.12. The van der Waals surface area contributed by atoms with E-state index >= 15 is 0 Å². The number of hydrogen-bond acceptors (Lipinski definition) is 3. The number of nitriles is 1. The lowest BCUT2D eigenvalue weighted by atomic mass is 10.3. The van der Waals surface area contributed by atoms with E-state index in [1.807, 2.05) is 6.26 Å². The minimum absolute atomic E-state index is 0.688. The van der Waals surface area contributed by atoms with Gasteiger partial charge in [-0.25, -0.2) is 0 Å². The Kier molecular flexibility index (Phi) is 2.38. The minimum Gasteiger partial charge on any atom is -0.192 e.